The van der Waals surface area contributed by atoms with Crippen LogP contribution in [0, 0.1) is 5.92 Å². The first kappa shape index (κ1) is 15.5. The lowest BCUT2D eigenvalue weighted by atomic mass is 9.84. The van der Waals surface area contributed by atoms with E-state index in [4.69, 9.17) is 4.52 Å². The minimum Gasteiger partial charge on any atom is -0.378 e. The molecule has 2 aromatic rings. The Labute approximate surface area is 135 Å². The van der Waals surface area contributed by atoms with Crippen molar-refractivity contribution in [1.29, 1.82) is 0 Å². The second-order valence-corrected chi connectivity index (χ2v) is 6.26. The Hall–Kier alpha value is -2.37. The van der Waals surface area contributed by atoms with Gasteiger partial charge in [-0.2, -0.15) is 4.98 Å². The van der Waals surface area contributed by atoms with Crippen molar-refractivity contribution < 1.29 is 9.32 Å². The van der Waals surface area contributed by atoms with Crippen LogP contribution in [0.2, 0.25) is 0 Å². The first-order chi connectivity index (χ1) is 11.0. The fourth-order valence-electron chi connectivity index (χ4n) is 2.50. The van der Waals surface area contributed by atoms with Crippen LogP contribution in [-0.4, -0.2) is 30.1 Å². The SMILES string of the molecule is CC(NC(=O)C1CCC1)c1nc(-c2ccc(N(C)C)cc2)no1. The summed E-state index contributed by atoms with van der Waals surface area (Å²) in [5.74, 6) is 1.21. The molecule has 0 radical (unpaired) electrons. The summed E-state index contributed by atoms with van der Waals surface area (Å²) >= 11 is 0. The highest BCUT2D eigenvalue weighted by Crippen LogP contribution is 2.27. The van der Waals surface area contributed by atoms with E-state index in [1.165, 1.54) is 0 Å². The summed E-state index contributed by atoms with van der Waals surface area (Å²) in [5, 5.41) is 6.96. The fraction of sp³-hybridized carbons (Fsp3) is 0.471. The number of anilines is 1. The molecule has 122 valence electrons. The van der Waals surface area contributed by atoms with E-state index in [0.29, 0.717) is 11.7 Å². The molecule has 1 aliphatic carbocycles. The number of rotatable bonds is 5. The van der Waals surface area contributed by atoms with Gasteiger partial charge in [0, 0.05) is 31.3 Å². The Balaban J connectivity index is 1.68. The van der Waals surface area contributed by atoms with Gasteiger partial charge in [0.25, 0.3) is 0 Å². The number of hydrogen-bond acceptors (Lipinski definition) is 5. The van der Waals surface area contributed by atoms with Gasteiger partial charge in [0.2, 0.25) is 17.6 Å². The molecule has 1 amide bonds. The number of benzene rings is 1. The molecule has 0 bridgehead atoms. The predicted molar refractivity (Wildman–Crippen MR) is 88.0 cm³/mol. The van der Waals surface area contributed by atoms with E-state index in [2.05, 4.69) is 15.5 Å². The third kappa shape index (κ3) is 3.36. The Bertz CT molecular complexity index is 674. The molecular weight excluding hydrogens is 292 g/mol. The maximum atomic E-state index is 12.0. The molecule has 1 aromatic heterocycles. The molecule has 0 aliphatic heterocycles. The average molecular weight is 314 g/mol. The third-order valence-electron chi connectivity index (χ3n) is 4.29. The van der Waals surface area contributed by atoms with E-state index >= 15 is 0 Å². The summed E-state index contributed by atoms with van der Waals surface area (Å²) in [7, 11) is 3.99. The number of aromatic nitrogens is 2. The minimum absolute atomic E-state index is 0.0823. The molecular formula is C17H22N4O2. The number of carbonyl (C=O) groups is 1. The highest BCUT2D eigenvalue weighted by atomic mass is 16.5. The lowest BCUT2D eigenvalue weighted by Gasteiger charge is -2.25. The summed E-state index contributed by atoms with van der Waals surface area (Å²) in [5.41, 5.74) is 2.00. The smallest absolute Gasteiger partial charge is 0.249 e. The van der Waals surface area contributed by atoms with Crippen LogP contribution in [0.1, 0.15) is 38.1 Å². The zero-order valence-electron chi connectivity index (χ0n) is 13.7. The van der Waals surface area contributed by atoms with Gasteiger partial charge in [-0.3, -0.25) is 4.79 Å². The van der Waals surface area contributed by atoms with Crippen molar-refractivity contribution in [3.8, 4) is 11.4 Å². The standard InChI is InChI=1S/C17H22N4O2/c1-11(18-16(22)13-5-4-6-13)17-19-15(20-23-17)12-7-9-14(10-8-12)21(2)3/h7-11,13H,4-6H2,1-3H3,(H,18,22). The van der Waals surface area contributed by atoms with Gasteiger partial charge < -0.3 is 14.7 Å². The maximum Gasteiger partial charge on any atom is 0.249 e. The Kier molecular flexibility index (Phi) is 4.32. The number of amides is 1. The van der Waals surface area contributed by atoms with Crippen LogP contribution in [0.25, 0.3) is 11.4 Å². The van der Waals surface area contributed by atoms with E-state index in [-0.39, 0.29) is 17.9 Å². The molecule has 1 aliphatic rings. The highest BCUT2D eigenvalue weighted by molar-refractivity contribution is 5.79. The van der Waals surface area contributed by atoms with Gasteiger partial charge in [0.1, 0.15) is 6.04 Å². The fourth-order valence-corrected chi connectivity index (χ4v) is 2.50. The maximum absolute atomic E-state index is 12.0. The van der Waals surface area contributed by atoms with Crippen LogP contribution >= 0.6 is 0 Å². The summed E-state index contributed by atoms with van der Waals surface area (Å²) in [6.45, 7) is 1.86. The van der Waals surface area contributed by atoms with E-state index in [9.17, 15) is 4.79 Å². The Morgan fingerprint density at radius 3 is 2.57 bits per heavy atom. The summed E-state index contributed by atoms with van der Waals surface area (Å²) in [4.78, 5) is 18.4. The van der Waals surface area contributed by atoms with Crippen LogP contribution in [0.5, 0.6) is 0 Å². The largest absolute Gasteiger partial charge is 0.378 e. The second kappa shape index (κ2) is 6.40. The highest BCUT2D eigenvalue weighted by Gasteiger charge is 2.27. The molecule has 0 spiro atoms. The quantitative estimate of drug-likeness (QED) is 0.919. The van der Waals surface area contributed by atoms with Crippen molar-refractivity contribution >= 4 is 11.6 Å². The van der Waals surface area contributed by atoms with E-state index < -0.39 is 0 Å². The molecule has 6 nitrogen and oxygen atoms in total. The zero-order chi connectivity index (χ0) is 16.4. The van der Waals surface area contributed by atoms with Crippen molar-refractivity contribution in [2.24, 2.45) is 5.92 Å². The van der Waals surface area contributed by atoms with Crippen LogP contribution in [-0.2, 0) is 4.79 Å². The van der Waals surface area contributed by atoms with Crippen LogP contribution < -0.4 is 10.2 Å². The number of carbonyl (C=O) groups excluding carboxylic acids is 1. The molecule has 1 fully saturated rings. The monoisotopic (exact) mass is 314 g/mol. The van der Waals surface area contributed by atoms with Crippen molar-refractivity contribution in [2.45, 2.75) is 32.2 Å². The molecule has 23 heavy (non-hydrogen) atoms. The minimum atomic E-state index is -0.273. The van der Waals surface area contributed by atoms with Gasteiger partial charge in [-0.1, -0.05) is 11.6 Å². The molecule has 1 saturated carbocycles. The zero-order valence-corrected chi connectivity index (χ0v) is 13.7. The molecule has 1 heterocycles. The molecule has 1 aromatic carbocycles. The molecule has 6 heteroatoms. The topological polar surface area (TPSA) is 71.3 Å². The molecule has 1 unspecified atom stereocenters. The van der Waals surface area contributed by atoms with Gasteiger partial charge in [0.15, 0.2) is 0 Å². The molecule has 1 atom stereocenters. The normalized spacial score (nSPS) is 15.8. The third-order valence-corrected chi connectivity index (χ3v) is 4.29. The average Bonchev–Trinajstić information content (AvgIpc) is 2.95. The van der Waals surface area contributed by atoms with Crippen LogP contribution in [0.4, 0.5) is 5.69 Å². The van der Waals surface area contributed by atoms with Crippen LogP contribution in [0.3, 0.4) is 0 Å². The summed E-state index contributed by atoms with van der Waals surface area (Å²) < 4.78 is 5.30. The Morgan fingerprint density at radius 2 is 2.00 bits per heavy atom. The van der Waals surface area contributed by atoms with Crippen molar-refractivity contribution in [3.63, 3.8) is 0 Å². The molecule has 3 rings (SSSR count). The first-order valence-electron chi connectivity index (χ1n) is 7.96. The van der Waals surface area contributed by atoms with Gasteiger partial charge in [0.05, 0.1) is 0 Å². The van der Waals surface area contributed by atoms with Gasteiger partial charge >= 0.3 is 0 Å². The lowest BCUT2D eigenvalue weighted by molar-refractivity contribution is -0.128. The van der Waals surface area contributed by atoms with E-state index in [0.717, 1.165) is 30.5 Å². The van der Waals surface area contributed by atoms with Crippen molar-refractivity contribution in [1.82, 2.24) is 15.5 Å². The first-order valence-corrected chi connectivity index (χ1v) is 7.96. The molecule has 1 N–H and O–H groups in total. The van der Waals surface area contributed by atoms with Crippen molar-refractivity contribution in [2.75, 3.05) is 19.0 Å². The number of nitrogens with zero attached hydrogens (tertiary/aromatic N) is 3. The van der Waals surface area contributed by atoms with Gasteiger partial charge in [-0.25, -0.2) is 0 Å². The Morgan fingerprint density at radius 1 is 1.30 bits per heavy atom. The van der Waals surface area contributed by atoms with E-state index in [1.54, 1.807) is 0 Å². The lowest BCUT2D eigenvalue weighted by Crippen LogP contribution is -2.36. The second-order valence-electron chi connectivity index (χ2n) is 6.26. The van der Waals surface area contributed by atoms with Gasteiger partial charge in [-0.15, -0.1) is 0 Å². The number of nitrogens with one attached hydrogen (secondary N) is 1. The number of hydrogen-bond donors (Lipinski definition) is 1. The predicted octanol–water partition coefficient (Wildman–Crippen LogP) is 2.78. The van der Waals surface area contributed by atoms with Gasteiger partial charge in [-0.05, 0) is 44.0 Å². The molecule has 0 saturated heterocycles. The summed E-state index contributed by atoms with van der Waals surface area (Å²) in [6.07, 6.45) is 3.10. The van der Waals surface area contributed by atoms with E-state index in [1.807, 2.05) is 50.2 Å². The van der Waals surface area contributed by atoms with Crippen LogP contribution in [0.15, 0.2) is 28.8 Å². The van der Waals surface area contributed by atoms with Crippen molar-refractivity contribution in [3.05, 3.63) is 30.2 Å². The summed E-state index contributed by atoms with van der Waals surface area (Å²) in [6, 6.07) is 7.66.